The fourth-order valence-corrected chi connectivity index (χ4v) is 17.2. The van der Waals surface area contributed by atoms with Gasteiger partial charge in [-0.2, -0.15) is 0 Å². The average Bonchev–Trinajstić information content (AvgIpc) is 1.54. The van der Waals surface area contributed by atoms with Gasteiger partial charge in [0, 0.05) is 128 Å². The van der Waals surface area contributed by atoms with E-state index in [0.717, 1.165) is 40.8 Å². The van der Waals surface area contributed by atoms with E-state index in [9.17, 15) is 59.1 Å². The molecule has 21 rings (SSSR count). The molecule has 17 aromatic rings. The van der Waals surface area contributed by atoms with Crippen LogP contribution in [0.15, 0.2) is 302 Å². The molecule has 0 saturated carbocycles. The normalized spacial score (nSPS) is 13.7. The molecule has 0 unspecified atom stereocenters. The van der Waals surface area contributed by atoms with Crippen LogP contribution in [0.2, 0.25) is 0 Å². The summed E-state index contributed by atoms with van der Waals surface area (Å²) in [6.07, 6.45) is 3.63. The molecule has 0 bridgehead atoms. The van der Waals surface area contributed by atoms with Gasteiger partial charge in [-0.1, -0.05) is 66.7 Å². The molecule has 5 aromatic heterocycles. The third-order valence-electron chi connectivity index (χ3n) is 25.1. The number of para-hydroxylation sites is 1. The Kier molecular flexibility index (Phi) is 30.8. The van der Waals surface area contributed by atoms with Crippen LogP contribution in [0.25, 0.3) is 103 Å². The van der Waals surface area contributed by atoms with E-state index in [0.29, 0.717) is 193 Å². The van der Waals surface area contributed by atoms with Crippen LogP contribution in [0, 0.1) is 46.5 Å². The number of hydrogen-bond acceptors (Lipinski definition) is 19. The van der Waals surface area contributed by atoms with E-state index < -0.39 is 5.82 Å². The fourth-order valence-electron chi connectivity index (χ4n) is 17.2. The second kappa shape index (κ2) is 45.6. The van der Waals surface area contributed by atoms with Gasteiger partial charge in [0.1, 0.15) is 84.6 Å². The van der Waals surface area contributed by atoms with Crippen molar-refractivity contribution in [1.82, 2.24) is 93.8 Å². The summed E-state index contributed by atoms with van der Waals surface area (Å²) in [5.41, 5.74) is 8.89. The lowest BCUT2D eigenvalue weighted by atomic mass is 9.97. The van der Waals surface area contributed by atoms with E-state index in [1.807, 2.05) is 103 Å². The monoisotopic (exact) mass is 1980 g/mol. The lowest BCUT2D eigenvalue weighted by Crippen LogP contribution is -2.52. The molecular weight excluding hydrogens is 1880 g/mol. The number of piperazine rings is 1. The number of hydrogen-bond donors (Lipinski definition) is 0. The Hall–Kier alpha value is -17.5. The van der Waals surface area contributed by atoms with Crippen molar-refractivity contribution in [3.05, 3.63) is 366 Å². The molecule has 3 fully saturated rings. The minimum atomic E-state index is -0.397. The zero-order valence-corrected chi connectivity index (χ0v) is 79.1. The molecule has 9 heterocycles. The van der Waals surface area contributed by atoms with Crippen molar-refractivity contribution in [2.75, 3.05) is 66.6 Å². The van der Waals surface area contributed by atoms with E-state index >= 15 is 0 Å². The number of carbonyl (C=O) groups is 5. The summed E-state index contributed by atoms with van der Waals surface area (Å²) in [5.74, 6) is 2.59. The zero-order chi connectivity index (χ0) is 101. The molecule has 4 aliphatic heterocycles. The fraction of sp³-hybridized carbons (Fsp3) is 0.209. The van der Waals surface area contributed by atoms with Crippen LogP contribution in [0.4, 0.5) is 35.1 Å². The Morgan fingerprint density at radius 3 is 1.01 bits per heavy atom. The molecule has 36 heteroatoms. The van der Waals surface area contributed by atoms with Gasteiger partial charge in [0.25, 0.3) is 0 Å². The van der Waals surface area contributed by atoms with Crippen LogP contribution >= 0.6 is 0 Å². The lowest BCUT2D eigenvalue weighted by Gasteiger charge is -2.34. The molecule has 0 aliphatic carbocycles. The van der Waals surface area contributed by atoms with Crippen molar-refractivity contribution in [2.45, 2.75) is 83.4 Å². The van der Waals surface area contributed by atoms with Gasteiger partial charge in [-0.15, -0.1) is 30.6 Å². The number of rotatable bonds is 24. The summed E-state index contributed by atoms with van der Waals surface area (Å²) in [5, 5.41) is 26.5. The number of piperidine rings is 2. The highest BCUT2D eigenvalue weighted by Crippen LogP contribution is 2.37. The molecular formula is C110H95F8N19O9. The lowest BCUT2D eigenvalue weighted by molar-refractivity contribution is -0.146. The maximum absolute atomic E-state index is 13.6. The highest BCUT2D eigenvalue weighted by molar-refractivity contribution is 5.86. The molecule has 12 aromatic carbocycles. The molecule has 740 valence electrons. The predicted molar refractivity (Wildman–Crippen MR) is 525 cm³/mol. The van der Waals surface area contributed by atoms with Crippen LogP contribution in [0.3, 0.4) is 0 Å². The van der Waals surface area contributed by atoms with Crippen LogP contribution in [0.1, 0.15) is 54.2 Å². The highest BCUT2D eigenvalue weighted by Gasteiger charge is 2.34. The number of nitrogens with zero attached hydrogens (tertiary/aromatic N) is 19. The van der Waals surface area contributed by atoms with Crippen molar-refractivity contribution >= 4 is 29.5 Å². The molecule has 28 nitrogen and oxygen atoms in total. The van der Waals surface area contributed by atoms with E-state index in [1.54, 1.807) is 131 Å². The van der Waals surface area contributed by atoms with Gasteiger partial charge < -0.3 is 43.1 Å². The van der Waals surface area contributed by atoms with E-state index in [-0.39, 0.29) is 115 Å². The number of aromatic nitrogens is 14. The summed E-state index contributed by atoms with van der Waals surface area (Å²) < 4.78 is 136. The largest absolute Gasteiger partial charge is 0.493 e. The maximum Gasteiger partial charge on any atom is 0.247 e. The summed E-state index contributed by atoms with van der Waals surface area (Å²) in [6.45, 7) is 4.31. The van der Waals surface area contributed by atoms with Gasteiger partial charge in [-0.05, 0) is 266 Å². The second-order valence-corrected chi connectivity index (χ2v) is 34.9. The number of amides is 5. The number of carbonyl (C=O) groups excluding carboxylic acids is 5. The number of methoxy groups -OCH3 is 2. The molecule has 146 heavy (non-hydrogen) atoms. The van der Waals surface area contributed by atoms with Gasteiger partial charge in [-0.25, -0.2) is 73.8 Å². The number of halogens is 8. The Morgan fingerprint density at radius 2 is 0.658 bits per heavy atom. The first-order chi connectivity index (χ1) is 71.0. The van der Waals surface area contributed by atoms with Crippen molar-refractivity contribution < 1.29 is 77.7 Å². The van der Waals surface area contributed by atoms with Gasteiger partial charge in [0.05, 0.1) is 20.8 Å². The van der Waals surface area contributed by atoms with E-state index in [4.69, 9.17) is 18.6 Å². The maximum atomic E-state index is 13.6. The van der Waals surface area contributed by atoms with Crippen LogP contribution in [-0.2, 0) is 69.7 Å². The Labute approximate surface area is 832 Å². The quantitative estimate of drug-likeness (QED) is 0.0508. The number of fused-ring (bicyclic) bond motifs is 1. The molecule has 0 atom stereocenters. The highest BCUT2D eigenvalue weighted by atomic mass is 19.2. The number of benzene rings is 12. The Morgan fingerprint density at radius 1 is 0.336 bits per heavy atom. The Bertz CT molecular complexity index is 7380. The standard InChI is InChI=1S/C29H24F2N6O2.C27H23F2N5O2.C27H24F2N4O3.C27H24F2N4O2/c30-23-10-6-19(7-11-23)26-32-27(20-8-12-24(31)13-9-20)37(35-26)18-25(38)36-16-14-22(15-17-36)29-34-33-28(39-29)21-4-2-1-3-5-21;28-22-10-6-20(7-11-22)26-30-27(21-8-12-23(29)13-9-21)34(31-26)18-25(36)33-15-14-32(24(35)17-33)16-19-4-2-1-3-5-19;1-35-23-13-19-11-12-32(15-20(19)14-24(23)36-2)25(34)16-33-27(18-5-9-22(29)10-6-18)30-26(31-33)17-3-7-21(28)8-4-17;28-21-10-6-19(7-11-21)26-30-27(20-8-12-22(29)13-9-20)33(31-26)18-25(34)32-16-14-24(15-17-32)35-23-4-2-1-3-5-23/h1-13,22H,14-18H2;1-13H,14-18H2;3-10,13-14H,11-12,15-16H2,1-2H3;1-13,24H,14-18H2. The third-order valence-corrected chi connectivity index (χ3v) is 25.1. The Balaban J connectivity index is 0.000000128. The smallest absolute Gasteiger partial charge is 0.247 e. The van der Waals surface area contributed by atoms with Crippen LogP contribution in [-0.4, -0.2) is 196 Å². The van der Waals surface area contributed by atoms with E-state index in [2.05, 4.69) is 50.5 Å². The number of ether oxygens (including phenoxy) is 3. The third kappa shape index (κ3) is 24.5. The second-order valence-electron chi connectivity index (χ2n) is 34.9. The summed E-state index contributed by atoms with van der Waals surface area (Å²) in [6, 6.07) is 79.3. The first kappa shape index (κ1) is 98.7. The van der Waals surface area contributed by atoms with Crippen molar-refractivity contribution in [1.29, 1.82) is 0 Å². The SMILES string of the molecule is COc1cc2c(cc1OC)CN(C(=O)Cn1nc(-c3ccc(F)cc3)nc1-c1ccc(F)cc1)CC2.O=C(Cn1nc(-c2ccc(F)cc2)nc1-c1ccc(F)cc1)N1CCC(Oc2ccccc2)CC1.O=C(Cn1nc(-c2ccc(F)cc2)nc1-c1ccc(F)cc1)N1CCC(c2nnc(-c3ccccc3)o2)CC1.O=C(Cn1nc(-c2ccc(F)cc2)nc1-c1ccc(F)cc1)N1CCN(Cc2ccccc2)C(=O)C1. The minimum absolute atomic E-state index is 0.00882. The average molecular weight is 1980 g/mol. The summed E-state index contributed by atoms with van der Waals surface area (Å²) in [4.78, 5) is 92.6. The molecule has 4 aliphatic rings. The summed E-state index contributed by atoms with van der Waals surface area (Å²) in [7, 11) is 3.18. The van der Waals surface area contributed by atoms with Crippen molar-refractivity contribution in [3.8, 4) is 120 Å². The van der Waals surface area contributed by atoms with Gasteiger partial charge in [0.15, 0.2) is 58.1 Å². The van der Waals surface area contributed by atoms with Crippen LogP contribution < -0.4 is 14.2 Å². The molecule has 0 spiro atoms. The first-order valence-electron chi connectivity index (χ1n) is 47.1. The van der Waals surface area contributed by atoms with Crippen molar-refractivity contribution in [2.24, 2.45) is 0 Å². The minimum Gasteiger partial charge on any atom is -0.493 e. The predicted octanol–water partition coefficient (Wildman–Crippen LogP) is 18.6. The van der Waals surface area contributed by atoms with Gasteiger partial charge >= 0.3 is 0 Å². The topological polar surface area (TPSA) is 291 Å². The molecule has 3 saturated heterocycles. The van der Waals surface area contributed by atoms with Crippen LogP contribution in [0.5, 0.6) is 17.2 Å². The van der Waals surface area contributed by atoms with E-state index in [1.165, 1.54) is 121 Å². The molecule has 5 amide bonds. The molecule has 0 radical (unpaired) electrons. The molecule has 0 N–H and O–H groups in total. The number of likely N-dealkylation sites (tertiary alicyclic amines) is 2. The zero-order valence-electron chi connectivity index (χ0n) is 79.1. The first-order valence-corrected chi connectivity index (χ1v) is 47.1. The van der Waals surface area contributed by atoms with Gasteiger partial charge in [0.2, 0.25) is 41.3 Å². The summed E-state index contributed by atoms with van der Waals surface area (Å²) >= 11 is 0. The van der Waals surface area contributed by atoms with Gasteiger partial charge in [-0.3, -0.25) is 24.0 Å². The van der Waals surface area contributed by atoms with Crippen molar-refractivity contribution in [3.63, 3.8) is 0 Å².